The average molecular weight is 429 g/mol. The monoisotopic (exact) mass is 428 g/mol. The molecule has 4 aromatic rings. The number of hydrogen-bond acceptors (Lipinski definition) is 5. The fourth-order valence-electron chi connectivity index (χ4n) is 2.93. The van der Waals surface area contributed by atoms with Gasteiger partial charge in [0.1, 0.15) is 5.82 Å². The average Bonchev–Trinajstić information content (AvgIpc) is 3.25. The zero-order chi connectivity index (χ0) is 20.4. The molecule has 0 fully saturated rings. The van der Waals surface area contributed by atoms with Gasteiger partial charge < -0.3 is 0 Å². The van der Waals surface area contributed by atoms with Gasteiger partial charge in [-0.3, -0.25) is 0 Å². The van der Waals surface area contributed by atoms with Gasteiger partial charge in [0, 0.05) is 11.1 Å². The number of nitrogens with zero attached hydrogens (tertiary/aromatic N) is 3. The number of aromatic amines is 1. The summed E-state index contributed by atoms with van der Waals surface area (Å²) in [6, 6.07) is 18.0. The second-order valence-corrected chi connectivity index (χ2v) is 8.71. The van der Waals surface area contributed by atoms with Crippen LogP contribution in [0.1, 0.15) is 5.56 Å². The fraction of sp³-hybridized carbons (Fsp3) is 0.0500. The Morgan fingerprint density at radius 1 is 0.966 bits per heavy atom. The minimum Gasteiger partial charge on any atom is -0.223 e. The maximum Gasteiger partial charge on any atom is 0.206 e. The van der Waals surface area contributed by atoms with Crippen LogP contribution in [0.4, 0.5) is 4.39 Å². The number of rotatable bonds is 5. The first-order valence-electron chi connectivity index (χ1n) is 8.54. The summed E-state index contributed by atoms with van der Waals surface area (Å²) in [7, 11) is -3.85. The predicted molar refractivity (Wildman–Crippen MR) is 107 cm³/mol. The van der Waals surface area contributed by atoms with Gasteiger partial charge in [-0.05, 0) is 46.7 Å². The first kappa shape index (κ1) is 19.2. The number of nitrogens with one attached hydrogen (secondary N) is 1. The number of sulfone groups is 1. The molecule has 0 unspecified atom stereocenters. The predicted octanol–water partition coefficient (Wildman–Crippen LogP) is 4.30. The van der Waals surface area contributed by atoms with E-state index in [1.54, 1.807) is 12.1 Å². The van der Waals surface area contributed by atoms with Gasteiger partial charge in [-0.2, -0.15) is 5.21 Å². The lowest BCUT2D eigenvalue weighted by Gasteiger charge is -2.10. The zero-order valence-corrected chi connectivity index (χ0v) is 16.5. The van der Waals surface area contributed by atoms with Crippen LogP contribution >= 0.6 is 11.6 Å². The van der Waals surface area contributed by atoms with Crippen molar-refractivity contribution in [1.29, 1.82) is 0 Å². The van der Waals surface area contributed by atoms with E-state index in [1.165, 1.54) is 24.3 Å². The molecule has 0 aliphatic carbocycles. The Morgan fingerprint density at radius 2 is 1.76 bits per heavy atom. The molecule has 0 spiro atoms. The maximum absolute atomic E-state index is 14.4. The van der Waals surface area contributed by atoms with E-state index in [4.69, 9.17) is 11.6 Å². The maximum atomic E-state index is 14.4. The van der Waals surface area contributed by atoms with E-state index in [0.29, 0.717) is 5.56 Å². The zero-order valence-electron chi connectivity index (χ0n) is 14.9. The summed E-state index contributed by atoms with van der Waals surface area (Å²) in [6.45, 7) is 0. The summed E-state index contributed by atoms with van der Waals surface area (Å²) >= 11 is 6.14. The van der Waals surface area contributed by atoms with Crippen molar-refractivity contribution in [1.82, 2.24) is 20.6 Å². The third kappa shape index (κ3) is 4.03. The molecule has 0 bridgehead atoms. The van der Waals surface area contributed by atoms with Gasteiger partial charge in [0.05, 0.1) is 15.7 Å². The summed E-state index contributed by atoms with van der Waals surface area (Å²) in [5.74, 6) is -0.905. The van der Waals surface area contributed by atoms with Crippen molar-refractivity contribution < 1.29 is 12.8 Å². The summed E-state index contributed by atoms with van der Waals surface area (Å²) in [5.41, 5.74) is 2.01. The first-order valence-corrected chi connectivity index (χ1v) is 10.6. The van der Waals surface area contributed by atoms with Crippen LogP contribution in [0, 0.1) is 5.82 Å². The Hall–Kier alpha value is -3.10. The molecule has 9 heteroatoms. The lowest BCUT2D eigenvalue weighted by atomic mass is 10.0. The Labute approximate surface area is 171 Å². The quantitative estimate of drug-likeness (QED) is 0.512. The second-order valence-electron chi connectivity index (χ2n) is 6.31. The third-order valence-corrected chi connectivity index (χ3v) is 6.37. The second kappa shape index (κ2) is 7.73. The topological polar surface area (TPSA) is 88.6 Å². The Balaban J connectivity index is 1.70. The van der Waals surface area contributed by atoms with Crippen molar-refractivity contribution in [3.05, 3.63) is 83.1 Å². The molecule has 146 valence electrons. The number of halogens is 2. The molecule has 0 radical (unpaired) electrons. The van der Waals surface area contributed by atoms with E-state index in [-0.39, 0.29) is 21.3 Å². The lowest BCUT2D eigenvalue weighted by Crippen LogP contribution is -2.07. The normalized spacial score (nSPS) is 11.5. The molecule has 0 aliphatic heterocycles. The van der Waals surface area contributed by atoms with Crippen LogP contribution < -0.4 is 0 Å². The van der Waals surface area contributed by atoms with Gasteiger partial charge in [0.25, 0.3) is 0 Å². The van der Waals surface area contributed by atoms with Gasteiger partial charge >= 0.3 is 0 Å². The number of H-pyrrole nitrogens is 1. The number of hydrogen-bond donors (Lipinski definition) is 1. The highest BCUT2D eigenvalue weighted by Crippen LogP contribution is 2.30. The Kier molecular flexibility index (Phi) is 5.12. The molecule has 0 aliphatic rings. The molecule has 1 heterocycles. The van der Waals surface area contributed by atoms with E-state index in [1.807, 2.05) is 30.3 Å². The highest BCUT2D eigenvalue weighted by Gasteiger charge is 2.21. The van der Waals surface area contributed by atoms with Crippen molar-refractivity contribution in [2.24, 2.45) is 0 Å². The summed E-state index contributed by atoms with van der Waals surface area (Å²) < 4.78 is 40.3. The molecule has 0 saturated heterocycles. The summed E-state index contributed by atoms with van der Waals surface area (Å²) in [6.07, 6.45) is 0. The first-order chi connectivity index (χ1) is 13.9. The van der Waals surface area contributed by atoms with Crippen LogP contribution in [0.15, 0.2) is 71.6 Å². The molecule has 1 N–H and O–H groups in total. The molecule has 29 heavy (non-hydrogen) atoms. The number of tetrazole rings is 1. The summed E-state index contributed by atoms with van der Waals surface area (Å²) in [5, 5.41) is 13.7. The SMILES string of the molecule is O=S(=O)(Cc1cc(-c2ccccc2)ccc1F)c1ccc(Cl)c(-c2nn[nH]n2)c1. The van der Waals surface area contributed by atoms with Crippen LogP contribution in [0.5, 0.6) is 0 Å². The highest BCUT2D eigenvalue weighted by atomic mass is 35.5. The van der Waals surface area contributed by atoms with E-state index in [9.17, 15) is 12.8 Å². The van der Waals surface area contributed by atoms with E-state index < -0.39 is 21.4 Å². The van der Waals surface area contributed by atoms with Crippen LogP contribution in [0.2, 0.25) is 5.02 Å². The van der Waals surface area contributed by atoms with Gasteiger partial charge in [-0.25, -0.2) is 12.8 Å². The standard InChI is InChI=1S/C20H14ClFN4O2S/c21-18-8-7-16(11-17(18)20-23-25-26-24-20)29(27,28)12-15-10-14(6-9-19(15)22)13-4-2-1-3-5-13/h1-11H,12H2,(H,23,24,25,26). The molecular weight excluding hydrogens is 415 g/mol. The van der Waals surface area contributed by atoms with Gasteiger partial charge in [-0.15, -0.1) is 10.2 Å². The van der Waals surface area contributed by atoms with Gasteiger partial charge in [0.2, 0.25) is 5.82 Å². The minimum atomic E-state index is -3.85. The third-order valence-electron chi connectivity index (χ3n) is 4.38. The Morgan fingerprint density at radius 3 is 2.48 bits per heavy atom. The van der Waals surface area contributed by atoms with E-state index >= 15 is 0 Å². The van der Waals surface area contributed by atoms with E-state index in [0.717, 1.165) is 11.1 Å². The number of aromatic nitrogens is 4. The van der Waals surface area contributed by atoms with Crippen molar-refractivity contribution in [2.75, 3.05) is 0 Å². The van der Waals surface area contributed by atoms with E-state index in [2.05, 4.69) is 20.6 Å². The summed E-state index contributed by atoms with van der Waals surface area (Å²) in [4.78, 5) is -0.00814. The van der Waals surface area contributed by atoms with Gasteiger partial charge in [0.15, 0.2) is 9.84 Å². The molecule has 3 aromatic carbocycles. The largest absolute Gasteiger partial charge is 0.223 e. The lowest BCUT2D eigenvalue weighted by molar-refractivity contribution is 0.587. The van der Waals surface area contributed by atoms with Crippen molar-refractivity contribution in [3.8, 4) is 22.5 Å². The molecule has 6 nitrogen and oxygen atoms in total. The fourth-order valence-corrected chi connectivity index (χ4v) is 4.50. The van der Waals surface area contributed by atoms with Crippen molar-refractivity contribution in [3.63, 3.8) is 0 Å². The smallest absolute Gasteiger partial charge is 0.206 e. The van der Waals surface area contributed by atoms with Crippen molar-refractivity contribution >= 4 is 21.4 Å². The van der Waals surface area contributed by atoms with Crippen LogP contribution in [-0.4, -0.2) is 29.0 Å². The van der Waals surface area contributed by atoms with Gasteiger partial charge in [-0.1, -0.05) is 48.0 Å². The molecule has 0 saturated carbocycles. The minimum absolute atomic E-state index is 0.00814. The molecule has 1 aromatic heterocycles. The molecule has 0 amide bonds. The molecular formula is C20H14ClFN4O2S. The molecule has 0 atom stereocenters. The highest BCUT2D eigenvalue weighted by molar-refractivity contribution is 7.90. The van der Waals surface area contributed by atoms with Crippen LogP contribution in [-0.2, 0) is 15.6 Å². The number of benzene rings is 3. The van der Waals surface area contributed by atoms with Crippen LogP contribution in [0.25, 0.3) is 22.5 Å². The van der Waals surface area contributed by atoms with Crippen LogP contribution in [0.3, 0.4) is 0 Å². The van der Waals surface area contributed by atoms with Crippen molar-refractivity contribution in [2.45, 2.75) is 10.6 Å². The Bertz CT molecular complexity index is 1260. The molecule has 4 rings (SSSR count).